The average molecular weight is 393 g/mol. The SMILES string of the molecule is CCN(CC)[C@H](CNC(=O)c1cc(-c2ccc(OC)cc2)on1)c1ccccc1. The highest BCUT2D eigenvalue weighted by molar-refractivity contribution is 5.93. The second kappa shape index (κ2) is 9.89. The van der Waals surface area contributed by atoms with Crippen molar-refractivity contribution in [2.45, 2.75) is 19.9 Å². The van der Waals surface area contributed by atoms with Crippen molar-refractivity contribution in [3.8, 4) is 17.1 Å². The van der Waals surface area contributed by atoms with Crippen molar-refractivity contribution in [1.29, 1.82) is 0 Å². The lowest BCUT2D eigenvalue weighted by molar-refractivity contribution is 0.0926. The Kier molecular flexibility index (Phi) is 7.03. The second-order valence-corrected chi connectivity index (χ2v) is 6.66. The Morgan fingerprint density at radius 3 is 2.41 bits per heavy atom. The van der Waals surface area contributed by atoms with E-state index in [4.69, 9.17) is 9.26 Å². The van der Waals surface area contributed by atoms with Gasteiger partial charge in [-0.2, -0.15) is 0 Å². The van der Waals surface area contributed by atoms with Gasteiger partial charge < -0.3 is 14.6 Å². The normalized spacial score (nSPS) is 12.0. The fourth-order valence-corrected chi connectivity index (χ4v) is 3.35. The summed E-state index contributed by atoms with van der Waals surface area (Å²) in [5, 5.41) is 6.95. The maximum Gasteiger partial charge on any atom is 0.273 e. The van der Waals surface area contributed by atoms with Crippen LogP contribution in [0.1, 0.15) is 35.9 Å². The molecule has 0 saturated heterocycles. The summed E-state index contributed by atoms with van der Waals surface area (Å²) in [7, 11) is 1.62. The van der Waals surface area contributed by atoms with Gasteiger partial charge in [-0.05, 0) is 42.9 Å². The molecule has 1 aromatic heterocycles. The Morgan fingerprint density at radius 2 is 1.79 bits per heavy atom. The predicted octanol–water partition coefficient (Wildman–Crippen LogP) is 4.16. The van der Waals surface area contributed by atoms with E-state index in [0.29, 0.717) is 12.3 Å². The molecule has 0 aliphatic heterocycles. The molecule has 0 unspecified atom stereocenters. The van der Waals surface area contributed by atoms with Gasteiger partial charge in [-0.3, -0.25) is 9.69 Å². The molecule has 3 rings (SSSR count). The van der Waals surface area contributed by atoms with Crippen LogP contribution in [-0.2, 0) is 0 Å². The molecule has 0 aliphatic rings. The molecule has 0 spiro atoms. The molecule has 0 saturated carbocycles. The van der Waals surface area contributed by atoms with Gasteiger partial charge >= 0.3 is 0 Å². The van der Waals surface area contributed by atoms with Crippen LogP contribution >= 0.6 is 0 Å². The van der Waals surface area contributed by atoms with Crippen molar-refractivity contribution in [3.05, 3.63) is 71.9 Å². The Balaban J connectivity index is 1.69. The number of nitrogens with one attached hydrogen (secondary N) is 1. The van der Waals surface area contributed by atoms with Gasteiger partial charge in [-0.1, -0.05) is 49.3 Å². The quantitative estimate of drug-likeness (QED) is 0.591. The van der Waals surface area contributed by atoms with Crippen LogP contribution in [0.25, 0.3) is 11.3 Å². The van der Waals surface area contributed by atoms with E-state index >= 15 is 0 Å². The minimum absolute atomic E-state index is 0.100. The molecule has 0 bridgehead atoms. The van der Waals surface area contributed by atoms with Gasteiger partial charge in [0.15, 0.2) is 11.5 Å². The molecular weight excluding hydrogens is 366 g/mol. The van der Waals surface area contributed by atoms with Crippen LogP contribution in [0.5, 0.6) is 5.75 Å². The smallest absolute Gasteiger partial charge is 0.273 e. The van der Waals surface area contributed by atoms with Crippen LogP contribution < -0.4 is 10.1 Å². The molecule has 1 amide bonds. The number of carbonyl (C=O) groups is 1. The van der Waals surface area contributed by atoms with E-state index in [1.54, 1.807) is 13.2 Å². The van der Waals surface area contributed by atoms with Crippen LogP contribution in [0.3, 0.4) is 0 Å². The summed E-state index contributed by atoms with van der Waals surface area (Å²) in [5.74, 6) is 1.05. The highest BCUT2D eigenvalue weighted by atomic mass is 16.5. The minimum Gasteiger partial charge on any atom is -0.497 e. The van der Waals surface area contributed by atoms with E-state index < -0.39 is 0 Å². The maximum absolute atomic E-state index is 12.7. The Labute approximate surface area is 171 Å². The number of rotatable bonds is 9. The number of carbonyl (C=O) groups excluding carboxylic acids is 1. The zero-order valence-corrected chi connectivity index (χ0v) is 17.1. The van der Waals surface area contributed by atoms with Gasteiger partial charge in [-0.25, -0.2) is 0 Å². The second-order valence-electron chi connectivity index (χ2n) is 6.66. The Hall–Kier alpha value is -3.12. The monoisotopic (exact) mass is 393 g/mol. The third-order valence-electron chi connectivity index (χ3n) is 5.01. The fourth-order valence-electron chi connectivity index (χ4n) is 3.35. The van der Waals surface area contributed by atoms with Crippen molar-refractivity contribution in [2.24, 2.45) is 0 Å². The highest BCUT2D eigenvalue weighted by Gasteiger charge is 2.20. The molecule has 0 aliphatic carbocycles. The standard InChI is InChI=1S/C23H27N3O3/c1-4-26(5-2)21(17-9-7-6-8-10-17)16-24-23(27)20-15-22(29-25-20)18-11-13-19(28-3)14-12-18/h6-15,21H,4-5,16H2,1-3H3,(H,24,27)/t21-/m1/s1. The van der Waals surface area contributed by atoms with Crippen molar-refractivity contribution < 1.29 is 14.1 Å². The number of methoxy groups -OCH3 is 1. The largest absolute Gasteiger partial charge is 0.497 e. The maximum atomic E-state index is 12.7. The van der Waals surface area contributed by atoms with Gasteiger partial charge in [-0.15, -0.1) is 0 Å². The van der Waals surface area contributed by atoms with E-state index in [1.165, 1.54) is 5.56 Å². The number of ether oxygens (including phenoxy) is 1. The number of nitrogens with zero attached hydrogens (tertiary/aromatic N) is 2. The van der Waals surface area contributed by atoms with Gasteiger partial charge in [0.25, 0.3) is 5.91 Å². The molecule has 3 aromatic rings. The first-order chi connectivity index (χ1) is 14.2. The van der Waals surface area contributed by atoms with Crippen molar-refractivity contribution in [2.75, 3.05) is 26.7 Å². The lowest BCUT2D eigenvalue weighted by Crippen LogP contribution is -2.38. The minimum atomic E-state index is -0.249. The molecule has 152 valence electrons. The van der Waals surface area contributed by atoms with E-state index in [-0.39, 0.29) is 17.6 Å². The molecule has 1 N–H and O–H groups in total. The summed E-state index contributed by atoms with van der Waals surface area (Å²) < 4.78 is 10.5. The molecule has 1 heterocycles. The average Bonchev–Trinajstić information content (AvgIpc) is 3.27. The van der Waals surface area contributed by atoms with Crippen LogP contribution in [0.15, 0.2) is 65.2 Å². The van der Waals surface area contributed by atoms with Gasteiger partial charge in [0.05, 0.1) is 13.2 Å². The number of likely N-dealkylation sites (N-methyl/N-ethyl adjacent to an activating group) is 1. The van der Waals surface area contributed by atoms with E-state index in [9.17, 15) is 4.79 Å². The van der Waals surface area contributed by atoms with Crippen molar-refractivity contribution in [1.82, 2.24) is 15.4 Å². The number of benzene rings is 2. The zero-order chi connectivity index (χ0) is 20.6. The molecule has 2 aromatic carbocycles. The number of aromatic nitrogens is 1. The number of hydrogen-bond donors (Lipinski definition) is 1. The van der Waals surface area contributed by atoms with Crippen molar-refractivity contribution in [3.63, 3.8) is 0 Å². The Morgan fingerprint density at radius 1 is 1.10 bits per heavy atom. The van der Waals surface area contributed by atoms with Gasteiger partial charge in [0.1, 0.15) is 5.75 Å². The first-order valence-corrected chi connectivity index (χ1v) is 9.84. The van der Waals surface area contributed by atoms with Gasteiger partial charge in [0, 0.05) is 18.2 Å². The van der Waals surface area contributed by atoms with E-state index in [1.807, 2.05) is 42.5 Å². The molecule has 1 atom stereocenters. The molecule has 0 fully saturated rings. The first kappa shape index (κ1) is 20.6. The topological polar surface area (TPSA) is 67.6 Å². The summed E-state index contributed by atoms with van der Waals surface area (Å²) in [6.45, 7) is 6.55. The van der Waals surface area contributed by atoms with Gasteiger partial charge in [0.2, 0.25) is 0 Å². The molecule has 6 heteroatoms. The number of hydrogen-bond acceptors (Lipinski definition) is 5. The summed E-state index contributed by atoms with van der Waals surface area (Å²) in [6, 6.07) is 19.4. The predicted molar refractivity (Wildman–Crippen MR) is 113 cm³/mol. The fraction of sp³-hybridized carbons (Fsp3) is 0.304. The third kappa shape index (κ3) is 5.03. The molecule has 6 nitrogen and oxygen atoms in total. The Bertz CT molecular complexity index is 903. The molecule has 0 radical (unpaired) electrons. The van der Waals surface area contributed by atoms with E-state index in [2.05, 4.69) is 41.4 Å². The first-order valence-electron chi connectivity index (χ1n) is 9.84. The van der Waals surface area contributed by atoms with Crippen molar-refractivity contribution >= 4 is 5.91 Å². The molecule has 29 heavy (non-hydrogen) atoms. The van der Waals surface area contributed by atoms with Crippen LogP contribution in [0.4, 0.5) is 0 Å². The van der Waals surface area contributed by atoms with Crippen LogP contribution in [0.2, 0.25) is 0 Å². The number of amides is 1. The lowest BCUT2D eigenvalue weighted by atomic mass is 10.0. The van der Waals surface area contributed by atoms with Crippen LogP contribution in [-0.4, -0.2) is 42.7 Å². The lowest BCUT2D eigenvalue weighted by Gasteiger charge is -2.30. The van der Waals surface area contributed by atoms with Crippen LogP contribution in [0, 0.1) is 0 Å². The summed E-state index contributed by atoms with van der Waals surface area (Å²) >= 11 is 0. The zero-order valence-electron chi connectivity index (χ0n) is 17.1. The summed E-state index contributed by atoms with van der Waals surface area (Å²) in [6.07, 6.45) is 0. The van der Waals surface area contributed by atoms with E-state index in [0.717, 1.165) is 24.4 Å². The summed E-state index contributed by atoms with van der Waals surface area (Å²) in [4.78, 5) is 15.0. The summed E-state index contributed by atoms with van der Waals surface area (Å²) in [5.41, 5.74) is 2.28. The highest BCUT2D eigenvalue weighted by Crippen LogP contribution is 2.23. The third-order valence-corrected chi connectivity index (χ3v) is 5.01. The molecular formula is C23H27N3O3.